The number of rotatable bonds is 2. The van der Waals surface area contributed by atoms with E-state index in [1.165, 1.54) is 0 Å². The molecule has 5 heteroatoms. The largest absolute Gasteiger partial charge is 0.343 e. The van der Waals surface area contributed by atoms with Gasteiger partial charge < -0.3 is 5.32 Å². The molecule has 2 heterocycles. The molecule has 0 bridgehead atoms. The Labute approximate surface area is 181 Å². The molecule has 4 nitrogen and oxygen atoms in total. The monoisotopic (exact) mass is 417 g/mol. The first-order valence-corrected chi connectivity index (χ1v) is 10.7. The number of carbonyl (C=O) groups is 1. The van der Waals surface area contributed by atoms with Crippen LogP contribution >= 0.6 is 11.6 Å². The zero-order valence-electron chi connectivity index (χ0n) is 17.4. The van der Waals surface area contributed by atoms with Crippen LogP contribution in [0.25, 0.3) is 5.69 Å². The lowest BCUT2D eigenvalue weighted by Crippen LogP contribution is -2.34. The average molecular weight is 418 g/mol. The van der Waals surface area contributed by atoms with Gasteiger partial charge in [0.25, 0.3) is 0 Å². The standard InChI is InChI=1S/C25H24ClN3O/c1-15-21-22(16-8-7-9-17(26)12-16)23-19(13-25(2,3)14-20(23)30)27-24(21)29(28-15)18-10-5-4-6-11-18/h4-12,22,27H,13-14H2,1-3H3. The zero-order chi connectivity index (χ0) is 21.0. The lowest BCUT2D eigenvalue weighted by molar-refractivity contribution is -0.118. The Morgan fingerprint density at radius 2 is 1.87 bits per heavy atom. The maximum absolute atomic E-state index is 13.4. The highest BCUT2D eigenvalue weighted by Gasteiger charge is 2.42. The molecular weight excluding hydrogens is 394 g/mol. The van der Waals surface area contributed by atoms with Crippen molar-refractivity contribution < 1.29 is 4.79 Å². The van der Waals surface area contributed by atoms with Gasteiger partial charge in [-0.2, -0.15) is 5.10 Å². The number of ketones is 1. The van der Waals surface area contributed by atoms with E-state index >= 15 is 0 Å². The van der Waals surface area contributed by atoms with Gasteiger partial charge in [-0.25, -0.2) is 4.68 Å². The number of anilines is 1. The first-order valence-electron chi connectivity index (χ1n) is 10.3. The number of hydrogen-bond acceptors (Lipinski definition) is 3. The third kappa shape index (κ3) is 3.07. The molecule has 152 valence electrons. The predicted molar refractivity (Wildman–Crippen MR) is 120 cm³/mol. The Kier molecular flexibility index (Phi) is 4.37. The fourth-order valence-corrected chi connectivity index (χ4v) is 5.05. The Morgan fingerprint density at radius 3 is 2.60 bits per heavy atom. The quantitative estimate of drug-likeness (QED) is 0.553. The minimum atomic E-state index is -0.170. The summed E-state index contributed by atoms with van der Waals surface area (Å²) in [6.45, 7) is 6.32. The second kappa shape index (κ2) is 6.85. The summed E-state index contributed by atoms with van der Waals surface area (Å²) in [7, 11) is 0. The molecule has 2 aromatic carbocycles. The molecule has 1 N–H and O–H groups in total. The van der Waals surface area contributed by atoms with Crippen molar-refractivity contribution in [3.63, 3.8) is 0 Å². The van der Waals surface area contributed by atoms with Gasteiger partial charge in [0.05, 0.1) is 11.4 Å². The van der Waals surface area contributed by atoms with Gasteiger partial charge in [-0.05, 0) is 48.6 Å². The molecular formula is C25H24ClN3O. The number of hydrogen-bond donors (Lipinski definition) is 1. The summed E-state index contributed by atoms with van der Waals surface area (Å²) >= 11 is 6.35. The number of benzene rings is 2. The number of fused-ring (bicyclic) bond motifs is 1. The van der Waals surface area contributed by atoms with E-state index in [1.807, 2.05) is 60.1 Å². The Hall–Kier alpha value is -2.85. The molecule has 0 amide bonds. The fourth-order valence-electron chi connectivity index (χ4n) is 4.85. The highest BCUT2D eigenvalue weighted by Crippen LogP contribution is 2.50. The number of aryl methyl sites for hydroxylation is 1. The number of allylic oxidation sites excluding steroid dienone is 2. The number of halogens is 1. The van der Waals surface area contributed by atoms with Crippen LogP contribution < -0.4 is 5.32 Å². The van der Waals surface area contributed by atoms with E-state index in [0.717, 1.165) is 46.0 Å². The van der Waals surface area contributed by atoms with Crippen molar-refractivity contribution in [1.82, 2.24) is 9.78 Å². The van der Waals surface area contributed by atoms with Gasteiger partial charge in [-0.1, -0.05) is 55.8 Å². The Balaban J connectivity index is 1.77. The highest BCUT2D eigenvalue weighted by molar-refractivity contribution is 6.30. The molecule has 3 aromatic rings. The summed E-state index contributed by atoms with van der Waals surface area (Å²) in [4.78, 5) is 13.4. The van der Waals surface area contributed by atoms with E-state index in [4.69, 9.17) is 16.7 Å². The molecule has 30 heavy (non-hydrogen) atoms. The summed E-state index contributed by atoms with van der Waals surface area (Å²) in [5.74, 6) is 0.972. The topological polar surface area (TPSA) is 46.9 Å². The van der Waals surface area contributed by atoms with E-state index < -0.39 is 0 Å². The molecule has 1 unspecified atom stereocenters. The second-order valence-electron chi connectivity index (χ2n) is 9.04. The smallest absolute Gasteiger partial charge is 0.162 e. The highest BCUT2D eigenvalue weighted by atomic mass is 35.5. The van der Waals surface area contributed by atoms with Crippen molar-refractivity contribution in [3.05, 3.63) is 87.7 Å². The minimum absolute atomic E-state index is 0.0774. The van der Waals surface area contributed by atoms with Crippen molar-refractivity contribution in [3.8, 4) is 5.69 Å². The summed E-state index contributed by atoms with van der Waals surface area (Å²) < 4.78 is 1.96. The van der Waals surface area contributed by atoms with Crippen LogP contribution in [0.1, 0.15) is 49.4 Å². The van der Waals surface area contributed by atoms with Gasteiger partial charge in [0.15, 0.2) is 5.78 Å². The van der Waals surface area contributed by atoms with Crippen LogP contribution in [0.3, 0.4) is 0 Å². The number of nitrogens with zero attached hydrogens (tertiary/aromatic N) is 2. The number of aromatic nitrogens is 2. The average Bonchev–Trinajstić information content (AvgIpc) is 3.02. The first-order chi connectivity index (χ1) is 14.3. The molecule has 1 aromatic heterocycles. The van der Waals surface area contributed by atoms with E-state index in [9.17, 15) is 4.79 Å². The molecule has 0 fully saturated rings. The molecule has 0 saturated heterocycles. The van der Waals surface area contributed by atoms with Gasteiger partial charge in [0.1, 0.15) is 5.82 Å². The minimum Gasteiger partial charge on any atom is -0.343 e. The number of Topliss-reactive ketones (excluding diaryl/α,β-unsaturated/α-hetero) is 1. The summed E-state index contributed by atoms with van der Waals surface area (Å²) in [5, 5.41) is 9.15. The van der Waals surface area contributed by atoms with E-state index in [-0.39, 0.29) is 17.1 Å². The van der Waals surface area contributed by atoms with Gasteiger partial charge >= 0.3 is 0 Å². The van der Waals surface area contributed by atoms with Gasteiger partial charge in [-0.15, -0.1) is 0 Å². The van der Waals surface area contributed by atoms with Crippen LogP contribution in [0.15, 0.2) is 65.9 Å². The molecule has 5 rings (SSSR count). The van der Waals surface area contributed by atoms with Crippen LogP contribution in [0.5, 0.6) is 0 Å². The van der Waals surface area contributed by atoms with E-state index in [2.05, 4.69) is 25.2 Å². The predicted octanol–water partition coefficient (Wildman–Crippen LogP) is 6.03. The van der Waals surface area contributed by atoms with Gasteiger partial charge in [0.2, 0.25) is 0 Å². The summed E-state index contributed by atoms with van der Waals surface area (Å²) in [6, 6.07) is 18.0. The SMILES string of the molecule is Cc1nn(-c2ccccc2)c2c1C(c1cccc(Cl)c1)C1=C(CC(C)(C)CC1=O)N2. The molecule has 1 aliphatic heterocycles. The first kappa shape index (κ1) is 19.1. The van der Waals surface area contributed by atoms with Crippen LogP contribution in [0.4, 0.5) is 5.82 Å². The second-order valence-corrected chi connectivity index (χ2v) is 9.48. The molecule has 2 aliphatic rings. The van der Waals surface area contributed by atoms with Gasteiger partial charge in [-0.3, -0.25) is 4.79 Å². The lowest BCUT2D eigenvalue weighted by atomic mass is 9.69. The van der Waals surface area contributed by atoms with Crippen molar-refractivity contribution >= 4 is 23.2 Å². The summed E-state index contributed by atoms with van der Waals surface area (Å²) in [6.07, 6.45) is 1.37. The molecule has 0 spiro atoms. The zero-order valence-corrected chi connectivity index (χ0v) is 18.1. The van der Waals surface area contributed by atoms with Crippen molar-refractivity contribution in [2.75, 3.05) is 5.32 Å². The third-order valence-corrected chi connectivity index (χ3v) is 6.29. The van der Waals surface area contributed by atoms with Crippen LogP contribution in [0.2, 0.25) is 5.02 Å². The van der Waals surface area contributed by atoms with E-state index in [1.54, 1.807) is 0 Å². The maximum atomic E-state index is 13.4. The van der Waals surface area contributed by atoms with Crippen LogP contribution in [-0.2, 0) is 4.79 Å². The number of nitrogens with one attached hydrogen (secondary N) is 1. The van der Waals surface area contributed by atoms with Crippen LogP contribution in [-0.4, -0.2) is 15.6 Å². The maximum Gasteiger partial charge on any atom is 0.162 e. The molecule has 1 aliphatic carbocycles. The van der Waals surface area contributed by atoms with Gasteiger partial charge in [0, 0.05) is 34.2 Å². The van der Waals surface area contributed by atoms with E-state index in [0.29, 0.717) is 11.4 Å². The lowest BCUT2D eigenvalue weighted by Gasteiger charge is -2.38. The van der Waals surface area contributed by atoms with Crippen molar-refractivity contribution in [2.45, 2.75) is 39.5 Å². The van der Waals surface area contributed by atoms with Crippen molar-refractivity contribution in [1.29, 1.82) is 0 Å². The van der Waals surface area contributed by atoms with Crippen molar-refractivity contribution in [2.24, 2.45) is 5.41 Å². The Bertz CT molecular complexity index is 1190. The molecule has 0 saturated carbocycles. The Morgan fingerprint density at radius 1 is 1.10 bits per heavy atom. The van der Waals surface area contributed by atoms with Crippen LogP contribution in [0, 0.1) is 12.3 Å². The normalized spacial score (nSPS) is 19.9. The number of para-hydroxylation sites is 1. The fraction of sp³-hybridized carbons (Fsp3) is 0.280. The third-order valence-electron chi connectivity index (χ3n) is 6.06. The summed E-state index contributed by atoms with van der Waals surface area (Å²) in [5.41, 5.74) is 5.77. The number of carbonyl (C=O) groups excluding carboxylic acids is 1. The molecule has 0 radical (unpaired) electrons. The molecule has 1 atom stereocenters.